The molecule has 0 spiro atoms. The molecule has 2 saturated heterocycles. The molecular formula is C27H32F2N4O4. The van der Waals surface area contributed by atoms with E-state index in [-0.39, 0.29) is 30.5 Å². The first-order chi connectivity index (χ1) is 17.8. The van der Waals surface area contributed by atoms with Gasteiger partial charge in [0, 0.05) is 25.2 Å². The standard InChI is InChI=1S/C27H32F2N4O4/c1-18(34)31-24-5-2-4-20(14-24)19-6-10-32(11-7-19)9-3-8-30-26(35)16-33-25(17-37-27(33)36)21-12-22(28)15-23(29)13-21/h2,4-5,12-15,19,25H,3,6-11,16-17H2,1H3,(H,30,35)(H,31,34)/t25-/m1/s1. The lowest BCUT2D eigenvalue weighted by Crippen LogP contribution is -2.40. The van der Waals surface area contributed by atoms with Gasteiger partial charge in [0.1, 0.15) is 24.8 Å². The third-order valence-electron chi connectivity index (χ3n) is 6.80. The number of carbonyl (C=O) groups is 3. The number of hydrogen-bond donors (Lipinski definition) is 2. The fraction of sp³-hybridized carbons (Fsp3) is 0.444. The summed E-state index contributed by atoms with van der Waals surface area (Å²) in [7, 11) is 0. The fourth-order valence-electron chi connectivity index (χ4n) is 4.97. The number of carbonyl (C=O) groups excluding carboxylic acids is 3. The minimum Gasteiger partial charge on any atom is -0.447 e. The Morgan fingerprint density at radius 1 is 1.05 bits per heavy atom. The molecule has 2 fully saturated rings. The van der Waals surface area contributed by atoms with Crippen LogP contribution in [0, 0.1) is 11.6 Å². The molecule has 4 rings (SSSR count). The van der Waals surface area contributed by atoms with Crippen LogP contribution in [0.15, 0.2) is 42.5 Å². The second kappa shape index (κ2) is 12.1. The van der Waals surface area contributed by atoms with Crippen molar-refractivity contribution in [2.24, 2.45) is 0 Å². The Bertz CT molecular complexity index is 1120. The molecule has 10 heteroatoms. The zero-order valence-electron chi connectivity index (χ0n) is 20.8. The smallest absolute Gasteiger partial charge is 0.410 e. The number of piperidine rings is 1. The predicted octanol–water partition coefficient (Wildman–Crippen LogP) is 3.80. The summed E-state index contributed by atoms with van der Waals surface area (Å²) in [6, 6.07) is 10.3. The van der Waals surface area contributed by atoms with E-state index in [0.29, 0.717) is 12.5 Å². The van der Waals surface area contributed by atoms with Crippen LogP contribution in [-0.2, 0) is 14.3 Å². The number of likely N-dealkylation sites (tertiary alicyclic amines) is 1. The number of anilines is 1. The average molecular weight is 515 g/mol. The Labute approximate surface area is 214 Å². The maximum atomic E-state index is 13.6. The molecule has 37 heavy (non-hydrogen) atoms. The SMILES string of the molecule is CC(=O)Nc1cccc(C2CCN(CCCNC(=O)CN3C(=O)OC[C@@H]3c3cc(F)cc(F)c3)CC2)c1. The van der Waals surface area contributed by atoms with Crippen molar-refractivity contribution in [3.05, 3.63) is 65.2 Å². The molecule has 198 valence electrons. The van der Waals surface area contributed by atoms with Crippen LogP contribution in [0.4, 0.5) is 19.3 Å². The number of ether oxygens (including phenoxy) is 1. The number of cyclic esters (lactones) is 1. The van der Waals surface area contributed by atoms with Crippen LogP contribution in [0.1, 0.15) is 49.3 Å². The maximum absolute atomic E-state index is 13.6. The van der Waals surface area contributed by atoms with Gasteiger partial charge in [-0.1, -0.05) is 12.1 Å². The van der Waals surface area contributed by atoms with Gasteiger partial charge in [0.2, 0.25) is 11.8 Å². The lowest BCUT2D eigenvalue weighted by atomic mass is 9.89. The molecule has 0 bridgehead atoms. The number of halogens is 2. The molecule has 2 aliphatic rings. The van der Waals surface area contributed by atoms with Crippen molar-refractivity contribution < 1.29 is 27.9 Å². The first kappa shape index (κ1) is 26.5. The van der Waals surface area contributed by atoms with Gasteiger partial charge in [0.05, 0.1) is 6.04 Å². The number of rotatable bonds is 9. The topological polar surface area (TPSA) is 91.0 Å². The van der Waals surface area contributed by atoms with E-state index in [1.165, 1.54) is 17.4 Å². The molecule has 3 amide bonds. The molecular weight excluding hydrogens is 482 g/mol. The van der Waals surface area contributed by atoms with Crippen LogP contribution >= 0.6 is 0 Å². The summed E-state index contributed by atoms with van der Waals surface area (Å²) >= 11 is 0. The third kappa shape index (κ3) is 7.25. The quantitative estimate of drug-likeness (QED) is 0.497. The fourth-order valence-corrected chi connectivity index (χ4v) is 4.97. The minimum atomic E-state index is -0.749. The van der Waals surface area contributed by atoms with Gasteiger partial charge in [-0.25, -0.2) is 13.6 Å². The summed E-state index contributed by atoms with van der Waals surface area (Å²) in [5, 5.41) is 5.66. The number of nitrogens with zero attached hydrogens (tertiary/aromatic N) is 2. The first-order valence-corrected chi connectivity index (χ1v) is 12.5. The molecule has 8 nitrogen and oxygen atoms in total. The highest BCUT2D eigenvalue weighted by Crippen LogP contribution is 2.30. The van der Waals surface area contributed by atoms with Gasteiger partial charge in [-0.05, 0) is 80.2 Å². The summed E-state index contributed by atoms with van der Waals surface area (Å²) < 4.78 is 32.2. The molecule has 0 saturated carbocycles. The van der Waals surface area contributed by atoms with Crippen molar-refractivity contribution in [3.8, 4) is 0 Å². The molecule has 0 unspecified atom stereocenters. The Morgan fingerprint density at radius 3 is 2.49 bits per heavy atom. The van der Waals surface area contributed by atoms with Crippen molar-refractivity contribution in [2.45, 2.75) is 38.1 Å². The monoisotopic (exact) mass is 514 g/mol. The second-order valence-electron chi connectivity index (χ2n) is 9.55. The minimum absolute atomic E-state index is 0.0670. The van der Waals surface area contributed by atoms with Gasteiger partial charge in [-0.2, -0.15) is 0 Å². The summed E-state index contributed by atoms with van der Waals surface area (Å²) in [6.45, 7) is 4.39. The van der Waals surface area contributed by atoms with E-state index in [9.17, 15) is 23.2 Å². The van der Waals surface area contributed by atoms with Crippen LogP contribution < -0.4 is 10.6 Å². The largest absolute Gasteiger partial charge is 0.447 e. The number of benzene rings is 2. The lowest BCUT2D eigenvalue weighted by molar-refractivity contribution is -0.122. The van der Waals surface area contributed by atoms with Crippen LogP contribution in [0.3, 0.4) is 0 Å². The molecule has 2 aromatic rings. The van der Waals surface area contributed by atoms with Gasteiger partial charge in [0.25, 0.3) is 0 Å². The van der Waals surface area contributed by atoms with E-state index in [1.807, 2.05) is 18.2 Å². The van der Waals surface area contributed by atoms with Gasteiger partial charge in [0.15, 0.2) is 0 Å². The van der Waals surface area contributed by atoms with Crippen LogP contribution in [0.25, 0.3) is 0 Å². The van der Waals surface area contributed by atoms with E-state index in [1.54, 1.807) is 0 Å². The van der Waals surface area contributed by atoms with Crippen molar-refractivity contribution in [1.82, 2.24) is 15.1 Å². The van der Waals surface area contributed by atoms with Crippen molar-refractivity contribution in [2.75, 3.05) is 44.6 Å². The van der Waals surface area contributed by atoms with Crippen molar-refractivity contribution in [3.63, 3.8) is 0 Å². The maximum Gasteiger partial charge on any atom is 0.410 e. The van der Waals surface area contributed by atoms with E-state index in [4.69, 9.17) is 4.74 Å². The number of hydrogen-bond acceptors (Lipinski definition) is 5. The zero-order valence-corrected chi connectivity index (χ0v) is 20.8. The van der Waals surface area contributed by atoms with Crippen LogP contribution in [0.5, 0.6) is 0 Å². The van der Waals surface area contributed by atoms with Gasteiger partial charge >= 0.3 is 6.09 Å². The van der Waals surface area contributed by atoms with E-state index in [0.717, 1.165) is 62.8 Å². The summed E-state index contributed by atoms with van der Waals surface area (Å²) in [6.07, 6.45) is 2.12. The van der Waals surface area contributed by atoms with Crippen LogP contribution in [-0.4, -0.2) is 67.0 Å². The molecule has 0 radical (unpaired) electrons. The summed E-state index contributed by atoms with van der Waals surface area (Å²) in [5.41, 5.74) is 2.30. The molecule has 2 N–H and O–H groups in total. The predicted molar refractivity (Wildman–Crippen MR) is 134 cm³/mol. The highest BCUT2D eigenvalue weighted by Gasteiger charge is 2.35. The summed E-state index contributed by atoms with van der Waals surface area (Å²) in [4.78, 5) is 39.4. The normalized spacial score (nSPS) is 18.5. The highest BCUT2D eigenvalue weighted by molar-refractivity contribution is 5.88. The van der Waals surface area contributed by atoms with Gasteiger partial charge in [-0.3, -0.25) is 14.5 Å². The molecule has 2 aromatic carbocycles. The van der Waals surface area contributed by atoms with Crippen molar-refractivity contribution in [1.29, 1.82) is 0 Å². The molecule has 0 aromatic heterocycles. The van der Waals surface area contributed by atoms with Gasteiger partial charge in [-0.15, -0.1) is 0 Å². The average Bonchev–Trinajstić information content (AvgIpc) is 3.21. The molecule has 1 atom stereocenters. The highest BCUT2D eigenvalue weighted by atomic mass is 19.1. The Hall–Kier alpha value is -3.53. The number of nitrogens with one attached hydrogen (secondary N) is 2. The van der Waals surface area contributed by atoms with Gasteiger partial charge < -0.3 is 20.3 Å². The Kier molecular flexibility index (Phi) is 8.70. The number of amides is 3. The van der Waals surface area contributed by atoms with E-state index in [2.05, 4.69) is 21.6 Å². The van der Waals surface area contributed by atoms with E-state index >= 15 is 0 Å². The lowest BCUT2D eigenvalue weighted by Gasteiger charge is -2.32. The Morgan fingerprint density at radius 2 is 1.78 bits per heavy atom. The third-order valence-corrected chi connectivity index (χ3v) is 6.80. The zero-order chi connectivity index (χ0) is 26.4. The summed E-state index contributed by atoms with van der Waals surface area (Å²) in [5.74, 6) is -1.48. The van der Waals surface area contributed by atoms with Crippen LogP contribution in [0.2, 0.25) is 0 Å². The molecule has 0 aliphatic carbocycles. The first-order valence-electron chi connectivity index (χ1n) is 12.5. The van der Waals surface area contributed by atoms with E-state index < -0.39 is 23.8 Å². The second-order valence-corrected chi connectivity index (χ2v) is 9.55. The molecule has 2 heterocycles. The Balaban J connectivity index is 1.18. The molecule has 2 aliphatic heterocycles. The van der Waals surface area contributed by atoms with Crippen molar-refractivity contribution >= 4 is 23.6 Å².